The van der Waals surface area contributed by atoms with E-state index in [1.807, 2.05) is 0 Å². The Morgan fingerprint density at radius 1 is 1.47 bits per heavy atom. The van der Waals surface area contributed by atoms with Crippen LogP contribution in [-0.2, 0) is 6.54 Å². The zero-order valence-electron chi connectivity index (χ0n) is 10.4. The normalized spacial score (nSPS) is 10.5. The number of halogens is 2. The highest BCUT2D eigenvalue weighted by atomic mass is 19.2. The predicted molar refractivity (Wildman–Crippen MR) is 61.2 cm³/mol. The number of pyridine rings is 1. The van der Waals surface area contributed by atoms with Crippen LogP contribution in [0.15, 0.2) is 22.9 Å². The van der Waals surface area contributed by atoms with Crippen molar-refractivity contribution in [2.75, 3.05) is 7.05 Å². The fourth-order valence-corrected chi connectivity index (χ4v) is 1.60. The summed E-state index contributed by atoms with van der Waals surface area (Å²) in [6.07, 6.45) is 1.04. The number of hydrogen-bond donors (Lipinski definition) is 0. The fraction of sp³-hybridized carbons (Fsp3) is 0.250. The molecule has 19 heavy (non-hydrogen) atoms. The van der Waals surface area contributed by atoms with Crippen molar-refractivity contribution < 1.29 is 18.1 Å². The zero-order chi connectivity index (χ0) is 14.0. The summed E-state index contributed by atoms with van der Waals surface area (Å²) in [4.78, 5) is 16.3. The smallest absolute Gasteiger partial charge is 0.257 e. The van der Waals surface area contributed by atoms with Gasteiger partial charge in [0.05, 0.1) is 12.1 Å². The molecule has 0 radical (unpaired) electrons. The summed E-state index contributed by atoms with van der Waals surface area (Å²) < 4.78 is 31.2. The SMILES string of the molecule is Cc1cc(CN(C)C(=O)c2ccnc(F)c2F)no1. The minimum atomic E-state index is -1.29. The molecule has 7 heteroatoms. The molecular formula is C12H11F2N3O2. The largest absolute Gasteiger partial charge is 0.361 e. The van der Waals surface area contributed by atoms with E-state index in [0.29, 0.717) is 11.5 Å². The molecular weight excluding hydrogens is 256 g/mol. The van der Waals surface area contributed by atoms with Crippen molar-refractivity contribution >= 4 is 5.91 Å². The molecule has 0 saturated carbocycles. The predicted octanol–water partition coefficient (Wildman–Crippen LogP) is 1.93. The van der Waals surface area contributed by atoms with Gasteiger partial charge in [0.2, 0.25) is 5.95 Å². The quantitative estimate of drug-likeness (QED) is 0.797. The molecule has 2 heterocycles. The molecule has 0 atom stereocenters. The van der Waals surface area contributed by atoms with Crippen LogP contribution in [0.2, 0.25) is 0 Å². The first kappa shape index (κ1) is 13.1. The molecule has 2 aromatic heterocycles. The maximum absolute atomic E-state index is 13.4. The Morgan fingerprint density at radius 3 is 2.84 bits per heavy atom. The standard InChI is InChI=1S/C12H11F2N3O2/c1-7-5-8(16-19-7)6-17(2)12(18)9-3-4-15-11(14)10(9)13/h3-5H,6H2,1-2H3. The number of carbonyl (C=O) groups is 1. The van der Waals surface area contributed by atoms with Gasteiger partial charge in [-0.15, -0.1) is 0 Å². The van der Waals surface area contributed by atoms with E-state index in [-0.39, 0.29) is 12.1 Å². The highest BCUT2D eigenvalue weighted by molar-refractivity contribution is 5.94. The van der Waals surface area contributed by atoms with Gasteiger partial charge in [0.1, 0.15) is 11.5 Å². The Morgan fingerprint density at radius 2 is 2.21 bits per heavy atom. The maximum atomic E-state index is 13.4. The molecule has 0 N–H and O–H groups in total. The Bertz CT molecular complexity index is 613. The summed E-state index contributed by atoms with van der Waals surface area (Å²) in [5.41, 5.74) is 0.165. The Labute approximate surface area is 107 Å². The van der Waals surface area contributed by atoms with Crippen molar-refractivity contribution in [3.8, 4) is 0 Å². The first-order chi connectivity index (χ1) is 8.99. The molecule has 0 fully saturated rings. The molecule has 2 aromatic rings. The monoisotopic (exact) mass is 267 g/mol. The highest BCUT2D eigenvalue weighted by Crippen LogP contribution is 2.13. The lowest BCUT2D eigenvalue weighted by atomic mass is 10.2. The van der Waals surface area contributed by atoms with Crippen molar-refractivity contribution in [3.05, 3.63) is 47.1 Å². The van der Waals surface area contributed by atoms with Crippen molar-refractivity contribution in [1.29, 1.82) is 0 Å². The van der Waals surface area contributed by atoms with Gasteiger partial charge in [-0.05, 0) is 13.0 Å². The average Bonchev–Trinajstić information content (AvgIpc) is 2.77. The lowest BCUT2D eigenvalue weighted by molar-refractivity contribution is 0.0776. The van der Waals surface area contributed by atoms with Crippen LogP contribution >= 0.6 is 0 Å². The zero-order valence-corrected chi connectivity index (χ0v) is 10.4. The number of aromatic nitrogens is 2. The van der Waals surface area contributed by atoms with Gasteiger partial charge in [-0.25, -0.2) is 9.37 Å². The Kier molecular flexibility index (Phi) is 3.55. The summed E-state index contributed by atoms with van der Waals surface area (Å²) in [6, 6.07) is 2.79. The second-order valence-corrected chi connectivity index (χ2v) is 4.05. The van der Waals surface area contributed by atoms with Gasteiger partial charge >= 0.3 is 0 Å². The van der Waals surface area contributed by atoms with Crippen molar-refractivity contribution in [1.82, 2.24) is 15.0 Å². The molecule has 2 rings (SSSR count). The molecule has 5 nitrogen and oxygen atoms in total. The summed E-state index contributed by atoms with van der Waals surface area (Å²) >= 11 is 0. The van der Waals surface area contributed by atoms with Gasteiger partial charge in [0.25, 0.3) is 5.91 Å². The molecule has 1 amide bonds. The minimum Gasteiger partial charge on any atom is -0.361 e. The first-order valence-corrected chi connectivity index (χ1v) is 5.46. The molecule has 0 saturated heterocycles. The molecule has 0 bridgehead atoms. The molecule has 0 spiro atoms. The lowest BCUT2D eigenvalue weighted by Gasteiger charge is -2.15. The van der Waals surface area contributed by atoms with E-state index in [0.717, 1.165) is 12.3 Å². The van der Waals surface area contributed by atoms with Gasteiger partial charge in [-0.1, -0.05) is 5.16 Å². The number of hydrogen-bond acceptors (Lipinski definition) is 4. The summed E-state index contributed by atoms with van der Waals surface area (Å²) in [6.45, 7) is 1.86. The second-order valence-electron chi connectivity index (χ2n) is 4.05. The van der Waals surface area contributed by atoms with Crippen LogP contribution in [0.1, 0.15) is 21.8 Å². The second kappa shape index (κ2) is 5.13. The first-order valence-electron chi connectivity index (χ1n) is 5.46. The lowest BCUT2D eigenvalue weighted by Crippen LogP contribution is -2.27. The Balaban J connectivity index is 2.17. The van der Waals surface area contributed by atoms with Gasteiger partial charge in [0.15, 0.2) is 5.82 Å². The minimum absolute atomic E-state index is 0.138. The Hall–Kier alpha value is -2.31. The molecule has 0 aliphatic carbocycles. The van der Waals surface area contributed by atoms with Crippen molar-refractivity contribution in [2.45, 2.75) is 13.5 Å². The molecule has 0 aliphatic rings. The maximum Gasteiger partial charge on any atom is 0.257 e. The third-order valence-corrected chi connectivity index (χ3v) is 2.50. The van der Waals surface area contributed by atoms with Gasteiger partial charge < -0.3 is 9.42 Å². The molecule has 0 aromatic carbocycles. The fourth-order valence-electron chi connectivity index (χ4n) is 1.60. The number of nitrogens with zero attached hydrogens (tertiary/aromatic N) is 3. The van der Waals surface area contributed by atoms with Gasteiger partial charge in [0, 0.05) is 19.3 Å². The molecule has 0 unspecified atom stereocenters. The van der Waals surface area contributed by atoms with Gasteiger partial charge in [-0.3, -0.25) is 4.79 Å². The van der Waals surface area contributed by atoms with E-state index in [2.05, 4.69) is 10.1 Å². The van der Waals surface area contributed by atoms with Crippen LogP contribution in [0.25, 0.3) is 0 Å². The molecule has 100 valence electrons. The summed E-state index contributed by atoms with van der Waals surface area (Å²) in [5, 5.41) is 3.72. The number of amides is 1. The van der Waals surface area contributed by atoms with Crippen molar-refractivity contribution in [3.63, 3.8) is 0 Å². The van der Waals surface area contributed by atoms with E-state index in [1.54, 1.807) is 13.0 Å². The van der Waals surface area contributed by atoms with E-state index >= 15 is 0 Å². The third-order valence-electron chi connectivity index (χ3n) is 2.50. The molecule has 0 aliphatic heterocycles. The van der Waals surface area contributed by atoms with Crippen molar-refractivity contribution in [2.24, 2.45) is 0 Å². The number of carbonyl (C=O) groups excluding carboxylic acids is 1. The van der Waals surface area contributed by atoms with Crippen LogP contribution in [0, 0.1) is 18.7 Å². The van der Waals surface area contributed by atoms with E-state index < -0.39 is 17.7 Å². The summed E-state index contributed by atoms with van der Waals surface area (Å²) in [5.74, 6) is -2.59. The van der Waals surface area contributed by atoms with Crippen LogP contribution in [0.4, 0.5) is 8.78 Å². The third kappa shape index (κ3) is 2.75. The van der Waals surface area contributed by atoms with Crippen LogP contribution in [0.5, 0.6) is 0 Å². The van der Waals surface area contributed by atoms with E-state index in [4.69, 9.17) is 4.52 Å². The van der Waals surface area contributed by atoms with Crippen LogP contribution < -0.4 is 0 Å². The summed E-state index contributed by atoms with van der Waals surface area (Å²) in [7, 11) is 1.46. The number of aryl methyl sites for hydroxylation is 1. The van der Waals surface area contributed by atoms with E-state index in [1.165, 1.54) is 11.9 Å². The highest BCUT2D eigenvalue weighted by Gasteiger charge is 2.20. The number of rotatable bonds is 3. The van der Waals surface area contributed by atoms with Gasteiger partial charge in [-0.2, -0.15) is 4.39 Å². The van der Waals surface area contributed by atoms with Crippen LogP contribution in [0.3, 0.4) is 0 Å². The average molecular weight is 267 g/mol. The topological polar surface area (TPSA) is 59.2 Å². The van der Waals surface area contributed by atoms with Crippen LogP contribution in [-0.4, -0.2) is 28.0 Å². The van der Waals surface area contributed by atoms with E-state index in [9.17, 15) is 13.6 Å².